The van der Waals surface area contributed by atoms with Gasteiger partial charge in [0.25, 0.3) is 17.7 Å². The second kappa shape index (κ2) is 9.48. The summed E-state index contributed by atoms with van der Waals surface area (Å²) in [6, 6.07) is 23.2. The predicted molar refractivity (Wildman–Crippen MR) is 122 cm³/mol. The molecule has 0 fully saturated rings. The molecular formula is C26H22N2O5. The van der Waals surface area contributed by atoms with Gasteiger partial charge in [-0.1, -0.05) is 60.7 Å². The van der Waals surface area contributed by atoms with Crippen LogP contribution in [-0.2, 0) is 20.7 Å². The molecule has 166 valence electrons. The van der Waals surface area contributed by atoms with Crippen LogP contribution in [0.4, 0.5) is 5.69 Å². The van der Waals surface area contributed by atoms with Gasteiger partial charge in [-0.3, -0.25) is 19.3 Å². The molecule has 3 amide bonds. The average Bonchev–Trinajstić information content (AvgIpc) is 3.11. The van der Waals surface area contributed by atoms with Gasteiger partial charge >= 0.3 is 5.97 Å². The van der Waals surface area contributed by atoms with E-state index in [-0.39, 0.29) is 17.5 Å². The van der Waals surface area contributed by atoms with Crippen molar-refractivity contribution in [2.75, 3.05) is 18.6 Å². The van der Waals surface area contributed by atoms with E-state index in [0.29, 0.717) is 5.69 Å². The van der Waals surface area contributed by atoms with Crippen molar-refractivity contribution in [3.63, 3.8) is 0 Å². The second-order valence-corrected chi connectivity index (χ2v) is 7.63. The van der Waals surface area contributed by atoms with Gasteiger partial charge in [0.15, 0.2) is 6.61 Å². The third-order valence-corrected chi connectivity index (χ3v) is 5.54. The van der Waals surface area contributed by atoms with Gasteiger partial charge < -0.3 is 9.64 Å². The highest BCUT2D eigenvalue weighted by Gasteiger charge is 2.43. The Morgan fingerprint density at radius 3 is 1.91 bits per heavy atom. The van der Waals surface area contributed by atoms with Gasteiger partial charge in [0.05, 0.1) is 11.1 Å². The van der Waals surface area contributed by atoms with Gasteiger partial charge in [-0.2, -0.15) is 0 Å². The molecule has 0 saturated carbocycles. The number of rotatable bonds is 7. The van der Waals surface area contributed by atoms with Gasteiger partial charge in [-0.25, -0.2) is 4.79 Å². The summed E-state index contributed by atoms with van der Waals surface area (Å²) in [6.45, 7) is -0.515. The monoisotopic (exact) mass is 442 g/mol. The van der Waals surface area contributed by atoms with E-state index in [1.165, 1.54) is 4.90 Å². The van der Waals surface area contributed by atoms with Crippen molar-refractivity contribution in [2.45, 2.75) is 12.5 Å². The van der Waals surface area contributed by atoms with Crippen LogP contribution in [0.25, 0.3) is 0 Å². The molecule has 1 atom stereocenters. The number of benzene rings is 3. The number of anilines is 1. The molecule has 0 aliphatic carbocycles. The van der Waals surface area contributed by atoms with Gasteiger partial charge in [0.1, 0.15) is 6.04 Å². The minimum Gasteiger partial charge on any atom is -0.454 e. The third kappa shape index (κ3) is 4.52. The van der Waals surface area contributed by atoms with E-state index in [1.54, 1.807) is 79.8 Å². The Bertz CT molecular complexity index is 1160. The number of nitrogens with zero attached hydrogens (tertiary/aromatic N) is 2. The molecule has 0 radical (unpaired) electrons. The lowest BCUT2D eigenvalue weighted by Crippen LogP contribution is -2.47. The molecular weight excluding hydrogens is 420 g/mol. The Morgan fingerprint density at radius 2 is 1.33 bits per heavy atom. The lowest BCUT2D eigenvalue weighted by atomic mass is 10.0. The van der Waals surface area contributed by atoms with Gasteiger partial charge in [-0.05, 0) is 29.8 Å². The Hall–Kier alpha value is -4.26. The Labute approximate surface area is 191 Å². The molecule has 4 rings (SSSR count). The number of esters is 1. The van der Waals surface area contributed by atoms with Crippen LogP contribution in [-0.4, -0.2) is 48.3 Å². The van der Waals surface area contributed by atoms with E-state index in [4.69, 9.17) is 4.74 Å². The van der Waals surface area contributed by atoms with E-state index in [1.807, 2.05) is 12.1 Å². The fourth-order valence-electron chi connectivity index (χ4n) is 3.73. The lowest BCUT2D eigenvalue weighted by molar-refractivity contribution is -0.151. The molecule has 0 spiro atoms. The number of likely N-dealkylation sites (N-methyl/N-ethyl adjacent to an activating group) is 1. The van der Waals surface area contributed by atoms with E-state index in [2.05, 4.69) is 0 Å². The van der Waals surface area contributed by atoms with E-state index >= 15 is 0 Å². The number of fused-ring (bicyclic) bond motifs is 1. The SMILES string of the molecule is CN(C(=O)COC(=O)[C@@H](Cc1ccccc1)N1C(=O)c2ccccc2C1=O)c1ccccc1. The maximum Gasteiger partial charge on any atom is 0.330 e. The number of hydrogen-bond acceptors (Lipinski definition) is 5. The molecule has 0 saturated heterocycles. The van der Waals surface area contributed by atoms with E-state index in [9.17, 15) is 19.2 Å². The molecule has 1 aliphatic heterocycles. The molecule has 7 nitrogen and oxygen atoms in total. The fraction of sp³-hybridized carbons (Fsp3) is 0.154. The number of amides is 3. The van der Waals surface area contributed by atoms with Gasteiger partial charge in [0, 0.05) is 19.2 Å². The minimum atomic E-state index is -1.20. The Kier molecular flexibility index (Phi) is 6.31. The molecule has 1 aliphatic rings. The first-order valence-electron chi connectivity index (χ1n) is 10.5. The summed E-state index contributed by atoms with van der Waals surface area (Å²) in [5.74, 6) is -2.36. The molecule has 0 N–H and O–H groups in total. The molecule has 1 heterocycles. The standard InChI is InChI=1S/C26H22N2O5/c1-27(19-12-6-3-7-13-19)23(29)17-33-26(32)22(16-18-10-4-2-5-11-18)28-24(30)20-14-8-9-15-21(20)25(28)31/h2-15,22H,16-17H2,1H3/t22-/m1/s1. The maximum atomic E-state index is 13.1. The zero-order valence-electron chi connectivity index (χ0n) is 18.0. The van der Waals surface area contributed by atoms with Crippen molar-refractivity contribution in [1.29, 1.82) is 0 Å². The topological polar surface area (TPSA) is 84.0 Å². The van der Waals surface area contributed by atoms with Gasteiger partial charge in [-0.15, -0.1) is 0 Å². The van der Waals surface area contributed by atoms with E-state index < -0.39 is 36.3 Å². The maximum absolute atomic E-state index is 13.1. The first-order valence-corrected chi connectivity index (χ1v) is 10.5. The van der Waals surface area contributed by atoms with Crippen LogP contribution in [0.1, 0.15) is 26.3 Å². The summed E-state index contributed by atoms with van der Waals surface area (Å²) in [5, 5.41) is 0. The Balaban J connectivity index is 1.54. The smallest absolute Gasteiger partial charge is 0.330 e. The summed E-state index contributed by atoms with van der Waals surface area (Å²) in [7, 11) is 1.58. The lowest BCUT2D eigenvalue weighted by Gasteiger charge is -2.25. The van der Waals surface area contributed by atoms with Crippen LogP contribution >= 0.6 is 0 Å². The molecule has 33 heavy (non-hydrogen) atoms. The van der Waals surface area contributed by atoms with Crippen LogP contribution in [0.3, 0.4) is 0 Å². The van der Waals surface area contributed by atoms with Crippen molar-refractivity contribution >= 4 is 29.4 Å². The molecule has 3 aromatic rings. The van der Waals surface area contributed by atoms with Gasteiger partial charge in [0.2, 0.25) is 0 Å². The quantitative estimate of drug-likeness (QED) is 0.415. The van der Waals surface area contributed by atoms with Crippen molar-refractivity contribution in [1.82, 2.24) is 4.90 Å². The summed E-state index contributed by atoms with van der Waals surface area (Å²) >= 11 is 0. The van der Waals surface area contributed by atoms with Crippen LogP contribution in [0.2, 0.25) is 0 Å². The summed E-state index contributed by atoms with van der Waals surface area (Å²) in [6.07, 6.45) is 0.0772. The summed E-state index contributed by atoms with van der Waals surface area (Å²) in [5.41, 5.74) is 1.89. The predicted octanol–water partition coefficient (Wildman–Crippen LogP) is 3.10. The highest BCUT2D eigenvalue weighted by Crippen LogP contribution is 2.26. The third-order valence-electron chi connectivity index (χ3n) is 5.54. The van der Waals surface area contributed by atoms with Crippen LogP contribution in [0, 0.1) is 0 Å². The molecule has 7 heteroatoms. The minimum absolute atomic E-state index is 0.0772. The number of imide groups is 1. The molecule has 0 unspecified atom stereocenters. The van der Waals surface area contributed by atoms with Crippen LogP contribution in [0.5, 0.6) is 0 Å². The average molecular weight is 442 g/mol. The zero-order chi connectivity index (χ0) is 23.4. The highest BCUT2D eigenvalue weighted by atomic mass is 16.5. The number of para-hydroxylation sites is 1. The second-order valence-electron chi connectivity index (χ2n) is 7.63. The summed E-state index contributed by atoms with van der Waals surface area (Å²) in [4.78, 5) is 54.0. The Morgan fingerprint density at radius 1 is 0.818 bits per heavy atom. The molecule has 0 aromatic heterocycles. The fourth-order valence-corrected chi connectivity index (χ4v) is 3.73. The van der Waals surface area contributed by atoms with Crippen molar-refractivity contribution in [2.24, 2.45) is 0 Å². The van der Waals surface area contributed by atoms with Crippen molar-refractivity contribution in [3.05, 3.63) is 102 Å². The first-order chi connectivity index (χ1) is 16.0. The number of ether oxygens (including phenoxy) is 1. The van der Waals surface area contributed by atoms with Crippen molar-refractivity contribution in [3.8, 4) is 0 Å². The largest absolute Gasteiger partial charge is 0.454 e. The highest BCUT2D eigenvalue weighted by molar-refractivity contribution is 6.22. The normalized spacial score (nSPS) is 13.4. The van der Waals surface area contributed by atoms with Crippen molar-refractivity contribution < 1.29 is 23.9 Å². The van der Waals surface area contributed by atoms with E-state index in [0.717, 1.165) is 10.5 Å². The zero-order valence-corrected chi connectivity index (χ0v) is 18.0. The van der Waals surface area contributed by atoms with Crippen LogP contribution < -0.4 is 4.90 Å². The molecule has 0 bridgehead atoms. The number of carbonyl (C=O) groups is 4. The summed E-state index contributed by atoms with van der Waals surface area (Å²) < 4.78 is 5.31. The number of carbonyl (C=O) groups excluding carboxylic acids is 4. The molecule has 3 aromatic carbocycles. The van der Waals surface area contributed by atoms with Crippen LogP contribution in [0.15, 0.2) is 84.9 Å². The number of hydrogen-bond donors (Lipinski definition) is 0. The first kappa shape index (κ1) is 22.0.